The van der Waals surface area contributed by atoms with Gasteiger partial charge in [-0.3, -0.25) is 24.3 Å². The molecule has 1 aliphatic rings. The fourth-order valence-corrected chi connectivity index (χ4v) is 5.51. The molecule has 30 heavy (non-hydrogen) atoms. The topological polar surface area (TPSA) is 107 Å². The average molecular weight is 449 g/mol. The molecule has 0 bridgehead atoms. The van der Waals surface area contributed by atoms with Crippen LogP contribution in [-0.2, 0) is 24.7 Å². The van der Waals surface area contributed by atoms with Crippen molar-refractivity contribution in [3.8, 4) is 0 Å². The van der Waals surface area contributed by atoms with Gasteiger partial charge in [-0.05, 0) is 37.3 Å². The molecule has 2 heterocycles. The molecule has 1 aromatic carbocycles. The van der Waals surface area contributed by atoms with Gasteiger partial charge in [-0.2, -0.15) is 0 Å². The molecule has 2 aromatic heterocycles. The lowest BCUT2D eigenvalue weighted by Gasteiger charge is -2.11. The third-order valence-electron chi connectivity index (χ3n) is 4.92. The van der Waals surface area contributed by atoms with E-state index in [0.29, 0.717) is 15.4 Å². The normalized spacial score (nSPS) is 13.3. The van der Waals surface area contributed by atoms with E-state index in [1.54, 1.807) is 7.05 Å². The van der Waals surface area contributed by atoms with Gasteiger partial charge >= 0.3 is 0 Å². The molecule has 0 atom stereocenters. The summed E-state index contributed by atoms with van der Waals surface area (Å²) in [5.41, 5.74) is 0.380. The van der Waals surface area contributed by atoms with Crippen molar-refractivity contribution in [3.05, 3.63) is 54.9 Å². The van der Waals surface area contributed by atoms with E-state index in [9.17, 15) is 24.1 Å². The summed E-state index contributed by atoms with van der Waals surface area (Å²) < 4.78 is 15.3. The molecule has 0 saturated carbocycles. The Labute approximate surface area is 178 Å². The minimum atomic E-state index is -0.768. The Morgan fingerprint density at radius 3 is 2.93 bits per heavy atom. The molecule has 8 nitrogen and oxygen atoms in total. The highest BCUT2D eigenvalue weighted by atomic mass is 32.2. The van der Waals surface area contributed by atoms with Crippen molar-refractivity contribution >= 4 is 50.6 Å². The molecular formula is C19H17FN4O4S2. The number of anilines is 1. The SMILES string of the molecule is Cn1c(SCC(=O)Nc2cc([N+](=O)[O-])ccc2F)nc2sc3c(c2c1=O)CCCC3. The van der Waals surface area contributed by atoms with Gasteiger partial charge in [-0.25, -0.2) is 9.37 Å². The predicted molar refractivity (Wildman–Crippen MR) is 114 cm³/mol. The van der Waals surface area contributed by atoms with Crippen LogP contribution in [0, 0.1) is 15.9 Å². The van der Waals surface area contributed by atoms with Crippen molar-refractivity contribution in [2.75, 3.05) is 11.1 Å². The number of halogens is 1. The standard InChI is InChI=1S/C19H17FN4O4S2/c1-23-18(26)16-11-4-2-3-5-14(11)30-17(16)22-19(23)29-9-15(25)21-13-8-10(24(27)28)6-7-12(13)20/h6-8H,2-5,9H2,1H3,(H,21,25). The zero-order chi connectivity index (χ0) is 21.4. The smallest absolute Gasteiger partial charge is 0.271 e. The van der Waals surface area contributed by atoms with E-state index in [0.717, 1.165) is 61.2 Å². The van der Waals surface area contributed by atoms with Crippen molar-refractivity contribution in [1.29, 1.82) is 0 Å². The summed E-state index contributed by atoms with van der Waals surface area (Å²) in [5, 5.41) is 14.2. The first-order valence-corrected chi connectivity index (χ1v) is 11.0. The lowest BCUT2D eigenvalue weighted by atomic mass is 9.97. The summed E-state index contributed by atoms with van der Waals surface area (Å²) in [6, 6.07) is 2.92. The van der Waals surface area contributed by atoms with Crippen LogP contribution >= 0.6 is 23.1 Å². The number of thioether (sulfide) groups is 1. The second-order valence-corrected chi connectivity index (χ2v) is 8.93. The summed E-state index contributed by atoms with van der Waals surface area (Å²) in [6.07, 6.45) is 4.01. The van der Waals surface area contributed by atoms with E-state index in [2.05, 4.69) is 10.3 Å². The number of hydrogen-bond donors (Lipinski definition) is 1. The number of nitro benzene ring substituents is 1. The van der Waals surface area contributed by atoms with Crippen LogP contribution in [-0.4, -0.2) is 26.1 Å². The number of aromatic nitrogens is 2. The number of fused-ring (bicyclic) bond motifs is 3. The van der Waals surface area contributed by atoms with Gasteiger partial charge in [-0.15, -0.1) is 11.3 Å². The first kappa shape index (κ1) is 20.5. The Kier molecular flexibility index (Phi) is 5.56. The summed E-state index contributed by atoms with van der Waals surface area (Å²) in [7, 11) is 1.61. The van der Waals surface area contributed by atoms with Crippen LogP contribution in [0.5, 0.6) is 0 Å². The highest BCUT2D eigenvalue weighted by Crippen LogP contribution is 2.34. The average Bonchev–Trinajstić information content (AvgIpc) is 3.09. The van der Waals surface area contributed by atoms with Crippen LogP contribution in [0.4, 0.5) is 15.8 Å². The molecule has 4 rings (SSSR count). The van der Waals surface area contributed by atoms with Crippen LogP contribution in [0.25, 0.3) is 10.2 Å². The van der Waals surface area contributed by atoms with Crippen molar-refractivity contribution in [3.63, 3.8) is 0 Å². The highest BCUT2D eigenvalue weighted by Gasteiger charge is 2.22. The number of benzene rings is 1. The molecule has 0 aliphatic heterocycles. The Balaban J connectivity index is 1.53. The monoisotopic (exact) mass is 448 g/mol. The molecular weight excluding hydrogens is 431 g/mol. The lowest BCUT2D eigenvalue weighted by molar-refractivity contribution is -0.384. The zero-order valence-electron chi connectivity index (χ0n) is 15.9. The van der Waals surface area contributed by atoms with Crippen molar-refractivity contribution in [2.24, 2.45) is 7.05 Å². The number of nitro groups is 1. The number of carbonyl (C=O) groups excluding carboxylic acids is 1. The van der Waals surface area contributed by atoms with E-state index in [1.165, 1.54) is 20.8 Å². The molecule has 0 spiro atoms. The molecule has 0 saturated heterocycles. The first-order chi connectivity index (χ1) is 14.3. The fourth-order valence-electron chi connectivity index (χ4n) is 3.44. The fraction of sp³-hybridized carbons (Fsp3) is 0.316. The Morgan fingerprint density at radius 1 is 1.40 bits per heavy atom. The Bertz CT molecular complexity index is 1240. The van der Waals surface area contributed by atoms with E-state index in [4.69, 9.17) is 0 Å². The molecule has 0 radical (unpaired) electrons. The number of rotatable bonds is 5. The number of non-ortho nitro benzene ring substituents is 1. The second-order valence-electron chi connectivity index (χ2n) is 6.91. The van der Waals surface area contributed by atoms with E-state index >= 15 is 0 Å². The quantitative estimate of drug-likeness (QED) is 0.276. The van der Waals surface area contributed by atoms with Gasteiger partial charge < -0.3 is 5.32 Å². The van der Waals surface area contributed by atoms with Gasteiger partial charge in [0.25, 0.3) is 11.2 Å². The number of amides is 1. The number of aryl methyl sites for hydroxylation is 2. The maximum atomic E-state index is 13.9. The van der Waals surface area contributed by atoms with Gasteiger partial charge in [-0.1, -0.05) is 11.8 Å². The minimum Gasteiger partial charge on any atom is -0.323 e. The highest BCUT2D eigenvalue weighted by molar-refractivity contribution is 7.99. The van der Waals surface area contributed by atoms with Crippen LogP contribution in [0.2, 0.25) is 0 Å². The summed E-state index contributed by atoms with van der Waals surface area (Å²) in [4.78, 5) is 41.8. The molecule has 0 fully saturated rings. The van der Waals surface area contributed by atoms with E-state index in [-0.39, 0.29) is 22.7 Å². The largest absolute Gasteiger partial charge is 0.323 e. The van der Waals surface area contributed by atoms with Crippen molar-refractivity contribution in [1.82, 2.24) is 9.55 Å². The van der Waals surface area contributed by atoms with E-state index < -0.39 is 16.6 Å². The Morgan fingerprint density at radius 2 is 2.17 bits per heavy atom. The van der Waals surface area contributed by atoms with Gasteiger partial charge in [0.15, 0.2) is 5.16 Å². The molecule has 11 heteroatoms. The molecule has 156 valence electrons. The van der Waals surface area contributed by atoms with E-state index in [1.807, 2.05) is 0 Å². The summed E-state index contributed by atoms with van der Waals surface area (Å²) in [5.74, 6) is -1.45. The number of nitrogens with one attached hydrogen (secondary N) is 1. The molecule has 0 unspecified atom stereocenters. The third kappa shape index (κ3) is 3.82. The van der Waals surface area contributed by atoms with Crippen molar-refractivity contribution < 1.29 is 14.1 Å². The van der Waals surface area contributed by atoms with Gasteiger partial charge in [0.2, 0.25) is 5.91 Å². The molecule has 1 amide bonds. The van der Waals surface area contributed by atoms with Gasteiger partial charge in [0.05, 0.1) is 21.7 Å². The maximum absolute atomic E-state index is 13.9. The lowest BCUT2D eigenvalue weighted by Crippen LogP contribution is -2.22. The first-order valence-electron chi connectivity index (χ1n) is 9.23. The number of thiophene rings is 1. The van der Waals surface area contributed by atoms with Crippen LogP contribution < -0.4 is 10.9 Å². The second kappa shape index (κ2) is 8.15. The molecule has 3 aromatic rings. The van der Waals surface area contributed by atoms with Crippen LogP contribution in [0.1, 0.15) is 23.3 Å². The zero-order valence-corrected chi connectivity index (χ0v) is 17.6. The Hall–Kier alpha value is -2.79. The third-order valence-corrected chi connectivity index (χ3v) is 7.14. The maximum Gasteiger partial charge on any atom is 0.271 e. The van der Waals surface area contributed by atoms with Crippen LogP contribution in [0.3, 0.4) is 0 Å². The molecule has 1 N–H and O–H groups in total. The van der Waals surface area contributed by atoms with Gasteiger partial charge in [0, 0.05) is 24.1 Å². The number of hydrogen-bond acceptors (Lipinski definition) is 7. The number of carbonyl (C=O) groups is 1. The molecule has 1 aliphatic carbocycles. The minimum absolute atomic E-state index is 0.126. The predicted octanol–water partition coefficient (Wildman–Crippen LogP) is 3.65. The van der Waals surface area contributed by atoms with Crippen molar-refractivity contribution in [2.45, 2.75) is 30.8 Å². The van der Waals surface area contributed by atoms with Crippen LogP contribution in [0.15, 0.2) is 28.2 Å². The number of nitrogens with zero attached hydrogens (tertiary/aromatic N) is 3. The summed E-state index contributed by atoms with van der Waals surface area (Å²) >= 11 is 2.58. The summed E-state index contributed by atoms with van der Waals surface area (Å²) in [6.45, 7) is 0. The van der Waals surface area contributed by atoms with Gasteiger partial charge in [0.1, 0.15) is 10.6 Å².